The molecule has 3 N–H and O–H groups in total. The van der Waals surface area contributed by atoms with E-state index in [1.807, 2.05) is 24.3 Å². The highest BCUT2D eigenvalue weighted by Gasteiger charge is 2.31. The normalized spacial score (nSPS) is 19.4. The van der Waals surface area contributed by atoms with Crippen LogP contribution in [-0.2, 0) is 0 Å². The number of benzene rings is 2. The average Bonchev–Trinajstić information content (AvgIpc) is 3.07. The zero-order chi connectivity index (χ0) is 17.9. The number of nitrogens with zero attached hydrogens (tertiary/aromatic N) is 1. The van der Waals surface area contributed by atoms with Gasteiger partial charge < -0.3 is 15.7 Å². The van der Waals surface area contributed by atoms with Gasteiger partial charge in [-0.2, -0.15) is 5.26 Å². The Balaban J connectivity index is 1.68. The van der Waals surface area contributed by atoms with Crippen LogP contribution in [0.4, 0.5) is 0 Å². The predicted octanol–water partition coefficient (Wildman–Crippen LogP) is 2.33. The van der Waals surface area contributed by atoms with Gasteiger partial charge in [0.25, 0.3) is 5.91 Å². The largest absolute Gasteiger partial charge is 0.387 e. The third-order valence-electron chi connectivity index (χ3n) is 4.37. The molecule has 1 atom stereocenters. The predicted molar refractivity (Wildman–Crippen MR) is 96.4 cm³/mol. The molecule has 25 heavy (non-hydrogen) atoms. The van der Waals surface area contributed by atoms with Gasteiger partial charge in [0.1, 0.15) is 6.07 Å². The molecule has 0 bridgehead atoms. The van der Waals surface area contributed by atoms with E-state index < -0.39 is 5.60 Å². The van der Waals surface area contributed by atoms with Crippen LogP contribution in [-0.4, -0.2) is 36.2 Å². The second-order valence-corrected chi connectivity index (χ2v) is 6.62. The third-order valence-corrected chi connectivity index (χ3v) is 4.68. The van der Waals surface area contributed by atoms with Crippen LogP contribution in [0.1, 0.15) is 22.3 Å². The van der Waals surface area contributed by atoms with Crippen molar-refractivity contribution in [1.82, 2.24) is 10.6 Å². The SMILES string of the molecule is N#Cc1ccc(-c2ccc(C(=O)NC[C@]3(O)CCNC3)cc2)cc1Cl. The Labute approximate surface area is 151 Å². The standard InChI is InChI=1S/C19H18ClN3O2/c20-17-9-15(5-6-16(17)10-21)13-1-3-14(4-2-13)18(24)23-12-19(25)7-8-22-11-19/h1-6,9,22,25H,7-8,11-12H2,(H,23,24)/t19-/m0/s1. The first-order valence-corrected chi connectivity index (χ1v) is 8.40. The van der Waals surface area contributed by atoms with Gasteiger partial charge in [-0.25, -0.2) is 0 Å². The van der Waals surface area contributed by atoms with Crippen LogP contribution in [0, 0.1) is 11.3 Å². The van der Waals surface area contributed by atoms with Crippen LogP contribution >= 0.6 is 11.6 Å². The zero-order valence-corrected chi connectivity index (χ0v) is 14.3. The molecule has 0 spiro atoms. The summed E-state index contributed by atoms with van der Waals surface area (Å²) in [7, 11) is 0. The molecular weight excluding hydrogens is 338 g/mol. The van der Waals surface area contributed by atoms with Gasteiger partial charge in [-0.15, -0.1) is 0 Å². The Kier molecular flexibility index (Phi) is 5.05. The number of nitriles is 1. The Hall–Kier alpha value is -2.39. The van der Waals surface area contributed by atoms with Crippen molar-refractivity contribution in [2.75, 3.05) is 19.6 Å². The fraction of sp³-hybridized carbons (Fsp3) is 0.263. The smallest absolute Gasteiger partial charge is 0.251 e. The number of carbonyl (C=O) groups is 1. The number of hydrogen-bond acceptors (Lipinski definition) is 4. The average molecular weight is 356 g/mol. The number of aliphatic hydroxyl groups is 1. The van der Waals surface area contributed by atoms with Crippen LogP contribution in [0.5, 0.6) is 0 Å². The second-order valence-electron chi connectivity index (χ2n) is 6.22. The molecule has 1 aliphatic heterocycles. The van der Waals surface area contributed by atoms with Gasteiger partial charge in [-0.1, -0.05) is 29.8 Å². The number of nitrogens with one attached hydrogen (secondary N) is 2. The Morgan fingerprint density at radius 1 is 1.28 bits per heavy atom. The van der Waals surface area contributed by atoms with E-state index in [0.29, 0.717) is 29.1 Å². The minimum absolute atomic E-state index is 0.218. The van der Waals surface area contributed by atoms with Crippen LogP contribution in [0.15, 0.2) is 42.5 Å². The zero-order valence-electron chi connectivity index (χ0n) is 13.6. The van der Waals surface area contributed by atoms with Crippen LogP contribution < -0.4 is 10.6 Å². The van der Waals surface area contributed by atoms with Crippen LogP contribution in [0.25, 0.3) is 11.1 Å². The maximum atomic E-state index is 12.2. The molecular formula is C19H18ClN3O2. The molecule has 3 rings (SSSR count). The number of β-amino-alcohol motifs (C(OH)–C–C–N with tert-alkyl or cyclic N) is 1. The van der Waals surface area contributed by atoms with Crippen molar-refractivity contribution < 1.29 is 9.90 Å². The first kappa shape index (κ1) is 17.4. The summed E-state index contributed by atoms with van der Waals surface area (Å²) in [6.07, 6.45) is 0.631. The molecule has 6 heteroatoms. The lowest BCUT2D eigenvalue weighted by molar-refractivity contribution is 0.0562. The number of halogens is 1. The van der Waals surface area contributed by atoms with Crippen molar-refractivity contribution in [3.8, 4) is 17.2 Å². The van der Waals surface area contributed by atoms with Gasteiger partial charge >= 0.3 is 0 Å². The topological polar surface area (TPSA) is 85.2 Å². The first-order valence-electron chi connectivity index (χ1n) is 8.02. The Bertz CT molecular complexity index is 822. The summed E-state index contributed by atoms with van der Waals surface area (Å²) in [4.78, 5) is 12.2. The molecule has 0 saturated carbocycles. The maximum absolute atomic E-state index is 12.2. The number of amides is 1. The van der Waals surface area contributed by atoms with E-state index in [9.17, 15) is 9.90 Å². The quantitative estimate of drug-likeness (QED) is 0.785. The van der Waals surface area contributed by atoms with Gasteiger partial charge in [-0.3, -0.25) is 4.79 Å². The molecule has 1 saturated heterocycles. The molecule has 0 aliphatic carbocycles. The van der Waals surface area contributed by atoms with E-state index in [1.54, 1.807) is 24.3 Å². The van der Waals surface area contributed by atoms with Crippen molar-refractivity contribution in [3.63, 3.8) is 0 Å². The summed E-state index contributed by atoms with van der Waals surface area (Å²) in [5.41, 5.74) is 1.87. The summed E-state index contributed by atoms with van der Waals surface area (Å²) in [5, 5.41) is 25.4. The van der Waals surface area contributed by atoms with E-state index in [1.165, 1.54) is 0 Å². The molecule has 5 nitrogen and oxygen atoms in total. The van der Waals surface area contributed by atoms with E-state index in [2.05, 4.69) is 10.6 Å². The fourth-order valence-corrected chi connectivity index (χ4v) is 3.05. The van der Waals surface area contributed by atoms with Crippen molar-refractivity contribution in [1.29, 1.82) is 5.26 Å². The van der Waals surface area contributed by atoms with Crippen LogP contribution in [0.3, 0.4) is 0 Å². The summed E-state index contributed by atoms with van der Waals surface area (Å²) >= 11 is 6.06. The summed E-state index contributed by atoms with van der Waals surface area (Å²) in [6.45, 7) is 1.48. The van der Waals surface area contributed by atoms with Gasteiger partial charge in [-0.05, 0) is 48.4 Å². The summed E-state index contributed by atoms with van der Waals surface area (Å²) < 4.78 is 0. The van der Waals surface area contributed by atoms with Crippen molar-refractivity contribution >= 4 is 17.5 Å². The third kappa shape index (κ3) is 3.99. The molecule has 1 heterocycles. The summed E-state index contributed by atoms with van der Waals surface area (Å²) in [5.74, 6) is -0.218. The van der Waals surface area contributed by atoms with Gasteiger partial charge in [0.2, 0.25) is 0 Å². The minimum atomic E-state index is -0.866. The Morgan fingerprint density at radius 2 is 2.00 bits per heavy atom. The highest BCUT2D eigenvalue weighted by molar-refractivity contribution is 6.32. The van der Waals surface area contributed by atoms with Gasteiger partial charge in [0.15, 0.2) is 0 Å². The number of rotatable bonds is 4. The van der Waals surface area contributed by atoms with E-state index in [4.69, 9.17) is 16.9 Å². The molecule has 1 aliphatic rings. The summed E-state index contributed by atoms with van der Waals surface area (Å²) in [6, 6.07) is 14.4. The van der Waals surface area contributed by atoms with Crippen molar-refractivity contribution in [2.45, 2.75) is 12.0 Å². The number of carbonyl (C=O) groups excluding carboxylic acids is 1. The molecule has 0 unspecified atom stereocenters. The maximum Gasteiger partial charge on any atom is 0.251 e. The lowest BCUT2D eigenvalue weighted by Gasteiger charge is -2.21. The van der Waals surface area contributed by atoms with E-state index in [-0.39, 0.29) is 12.5 Å². The molecule has 2 aromatic rings. The molecule has 2 aromatic carbocycles. The van der Waals surface area contributed by atoms with E-state index >= 15 is 0 Å². The number of hydrogen-bond donors (Lipinski definition) is 3. The van der Waals surface area contributed by atoms with Gasteiger partial charge in [0, 0.05) is 18.7 Å². The monoisotopic (exact) mass is 355 g/mol. The van der Waals surface area contributed by atoms with Crippen molar-refractivity contribution in [2.24, 2.45) is 0 Å². The lowest BCUT2D eigenvalue weighted by Crippen LogP contribution is -2.44. The molecule has 1 amide bonds. The molecule has 0 radical (unpaired) electrons. The van der Waals surface area contributed by atoms with Crippen molar-refractivity contribution in [3.05, 3.63) is 58.6 Å². The Morgan fingerprint density at radius 3 is 2.60 bits per heavy atom. The molecule has 0 aromatic heterocycles. The molecule has 128 valence electrons. The second kappa shape index (κ2) is 7.24. The highest BCUT2D eigenvalue weighted by atomic mass is 35.5. The lowest BCUT2D eigenvalue weighted by atomic mass is 10.0. The van der Waals surface area contributed by atoms with Crippen LogP contribution in [0.2, 0.25) is 5.02 Å². The first-order chi connectivity index (χ1) is 12.0. The molecule has 1 fully saturated rings. The minimum Gasteiger partial charge on any atom is -0.387 e. The van der Waals surface area contributed by atoms with E-state index in [0.717, 1.165) is 17.7 Å². The fourth-order valence-electron chi connectivity index (χ4n) is 2.83. The van der Waals surface area contributed by atoms with Gasteiger partial charge in [0.05, 0.1) is 16.2 Å². The highest BCUT2D eigenvalue weighted by Crippen LogP contribution is 2.25.